The third-order valence-corrected chi connectivity index (χ3v) is 4.03. The molecule has 0 saturated carbocycles. The normalized spacial score (nSPS) is 10.3. The molecule has 0 amide bonds. The van der Waals surface area contributed by atoms with Gasteiger partial charge >= 0.3 is 0 Å². The summed E-state index contributed by atoms with van der Waals surface area (Å²) in [6.07, 6.45) is 0. The maximum Gasteiger partial charge on any atom is 0.131 e. The van der Waals surface area contributed by atoms with Gasteiger partial charge in [-0.25, -0.2) is 0 Å². The van der Waals surface area contributed by atoms with E-state index in [2.05, 4.69) is 0 Å². The molecule has 5 nitrogen and oxygen atoms in total. The lowest BCUT2D eigenvalue weighted by molar-refractivity contribution is 0.452. The minimum atomic E-state index is 0.645. The lowest BCUT2D eigenvalue weighted by Crippen LogP contribution is -1.90. The Morgan fingerprint density at radius 2 is 0.655 bits per heavy atom. The average Bonchev–Trinajstić information content (AvgIpc) is 2.69. The molecule has 0 atom stereocenters. The van der Waals surface area contributed by atoms with Crippen molar-refractivity contribution in [1.82, 2.24) is 0 Å². The van der Waals surface area contributed by atoms with Crippen molar-refractivity contribution < 1.29 is 14.2 Å². The summed E-state index contributed by atoms with van der Waals surface area (Å²) in [7, 11) is 0. The highest BCUT2D eigenvalue weighted by molar-refractivity contribution is 5.47. The number of hydrogen-bond acceptors (Lipinski definition) is 5. The number of benzene rings is 4. The minimum absolute atomic E-state index is 0.645. The smallest absolute Gasteiger partial charge is 0.131 e. The monoisotopic (exact) mass is 384 g/mol. The van der Waals surface area contributed by atoms with Gasteiger partial charge in [-0.1, -0.05) is 24.3 Å². The first-order chi connectivity index (χ1) is 14.1. The van der Waals surface area contributed by atoms with Crippen molar-refractivity contribution in [2.24, 2.45) is 0 Å². The summed E-state index contributed by atoms with van der Waals surface area (Å²) >= 11 is 0. The Morgan fingerprint density at radius 1 is 0.379 bits per heavy atom. The van der Waals surface area contributed by atoms with Crippen LogP contribution in [0.4, 0.5) is 11.4 Å². The molecular weight excluding hydrogens is 364 g/mol. The second-order valence-corrected chi connectivity index (χ2v) is 6.40. The Balaban J connectivity index is 1.48. The van der Waals surface area contributed by atoms with Gasteiger partial charge < -0.3 is 25.7 Å². The Hall–Kier alpha value is -4.12. The zero-order valence-corrected chi connectivity index (χ0v) is 15.6. The molecule has 0 aliphatic heterocycles. The van der Waals surface area contributed by atoms with Crippen LogP contribution < -0.4 is 25.7 Å². The fraction of sp³-hybridized carbons (Fsp3) is 0. The van der Waals surface area contributed by atoms with Crippen LogP contribution >= 0.6 is 0 Å². The lowest BCUT2D eigenvalue weighted by Gasteiger charge is -2.11. The zero-order chi connectivity index (χ0) is 20.1. The second-order valence-electron chi connectivity index (χ2n) is 6.40. The van der Waals surface area contributed by atoms with Gasteiger partial charge in [0, 0.05) is 35.6 Å². The van der Waals surface area contributed by atoms with E-state index >= 15 is 0 Å². The van der Waals surface area contributed by atoms with Crippen LogP contribution in [0.15, 0.2) is 97.1 Å². The predicted octanol–water partition coefficient (Wildman–Crippen LogP) is 6.23. The van der Waals surface area contributed by atoms with E-state index in [0.29, 0.717) is 45.9 Å². The third kappa shape index (κ3) is 4.99. The van der Waals surface area contributed by atoms with Crippen molar-refractivity contribution in [3.05, 3.63) is 97.1 Å². The molecule has 144 valence electrons. The standard InChI is InChI=1S/C24H20N2O3/c25-17-5-1-7-19(13-17)27-21-9-3-11-23(15-21)29-24-12-4-10-22(16-24)28-20-8-2-6-18(26)14-20/h1-16H,25-26H2. The summed E-state index contributed by atoms with van der Waals surface area (Å²) in [5, 5.41) is 0. The molecule has 0 saturated heterocycles. The maximum absolute atomic E-state index is 5.97. The first-order valence-corrected chi connectivity index (χ1v) is 9.09. The van der Waals surface area contributed by atoms with Crippen molar-refractivity contribution in [3.63, 3.8) is 0 Å². The highest BCUT2D eigenvalue weighted by Gasteiger charge is 2.04. The molecular formula is C24H20N2O3. The Bertz CT molecular complexity index is 1040. The summed E-state index contributed by atoms with van der Waals surface area (Å²) in [4.78, 5) is 0. The van der Waals surface area contributed by atoms with Crippen molar-refractivity contribution in [2.45, 2.75) is 0 Å². The first-order valence-electron chi connectivity index (χ1n) is 9.09. The molecule has 0 bridgehead atoms. The van der Waals surface area contributed by atoms with Crippen molar-refractivity contribution in [2.75, 3.05) is 11.5 Å². The van der Waals surface area contributed by atoms with E-state index in [1.165, 1.54) is 0 Å². The summed E-state index contributed by atoms with van der Waals surface area (Å²) in [6.45, 7) is 0. The highest BCUT2D eigenvalue weighted by Crippen LogP contribution is 2.31. The molecule has 0 fully saturated rings. The average molecular weight is 384 g/mol. The van der Waals surface area contributed by atoms with Crippen molar-refractivity contribution >= 4 is 11.4 Å². The van der Waals surface area contributed by atoms with E-state index in [1.807, 2.05) is 84.9 Å². The van der Waals surface area contributed by atoms with E-state index in [4.69, 9.17) is 25.7 Å². The van der Waals surface area contributed by atoms with Crippen LogP contribution in [0.3, 0.4) is 0 Å². The maximum atomic E-state index is 5.97. The second kappa shape index (κ2) is 8.27. The van der Waals surface area contributed by atoms with Gasteiger partial charge in [-0.2, -0.15) is 0 Å². The molecule has 4 rings (SSSR count). The number of anilines is 2. The van der Waals surface area contributed by atoms with Crippen LogP contribution in [-0.4, -0.2) is 0 Å². The fourth-order valence-electron chi connectivity index (χ4n) is 2.77. The fourth-order valence-corrected chi connectivity index (χ4v) is 2.77. The molecule has 4 aromatic carbocycles. The molecule has 4 aromatic rings. The van der Waals surface area contributed by atoms with Crippen molar-refractivity contribution in [1.29, 1.82) is 0 Å². The van der Waals surface area contributed by atoms with Crippen LogP contribution in [0.2, 0.25) is 0 Å². The number of ether oxygens (including phenoxy) is 3. The van der Waals surface area contributed by atoms with E-state index in [9.17, 15) is 0 Å². The van der Waals surface area contributed by atoms with Gasteiger partial charge in [-0.05, 0) is 48.5 Å². The van der Waals surface area contributed by atoms with Crippen molar-refractivity contribution in [3.8, 4) is 34.5 Å². The molecule has 0 aliphatic carbocycles. The molecule has 0 aromatic heterocycles. The van der Waals surface area contributed by atoms with E-state index in [0.717, 1.165) is 0 Å². The van der Waals surface area contributed by atoms with Gasteiger partial charge in [0.25, 0.3) is 0 Å². The molecule has 0 aliphatic rings. The van der Waals surface area contributed by atoms with E-state index in [1.54, 1.807) is 12.1 Å². The van der Waals surface area contributed by atoms with Gasteiger partial charge in [-0.3, -0.25) is 0 Å². The van der Waals surface area contributed by atoms with Gasteiger partial charge in [0.15, 0.2) is 0 Å². The van der Waals surface area contributed by atoms with Gasteiger partial charge in [0.2, 0.25) is 0 Å². The largest absolute Gasteiger partial charge is 0.457 e. The summed E-state index contributed by atoms with van der Waals surface area (Å²) in [5.74, 6) is 3.93. The quantitative estimate of drug-likeness (QED) is 0.385. The minimum Gasteiger partial charge on any atom is -0.457 e. The Kier molecular flexibility index (Phi) is 5.21. The topological polar surface area (TPSA) is 79.7 Å². The summed E-state index contributed by atoms with van der Waals surface area (Å²) in [5.41, 5.74) is 12.9. The summed E-state index contributed by atoms with van der Waals surface area (Å²) in [6, 6.07) is 29.3. The van der Waals surface area contributed by atoms with E-state index in [-0.39, 0.29) is 0 Å². The molecule has 0 radical (unpaired) electrons. The van der Waals surface area contributed by atoms with Crippen LogP contribution in [0.1, 0.15) is 0 Å². The van der Waals surface area contributed by atoms with Gasteiger partial charge in [-0.15, -0.1) is 0 Å². The Labute approximate surface area is 169 Å². The number of nitrogen functional groups attached to an aromatic ring is 2. The van der Waals surface area contributed by atoms with Gasteiger partial charge in [0.05, 0.1) is 0 Å². The number of hydrogen-bond donors (Lipinski definition) is 2. The van der Waals surface area contributed by atoms with Crippen LogP contribution in [0, 0.1) is 0 Å². The molecule has 0 unspecified atom stereocenters. The van der Waals surface area contributed by atoms with Crippen LogP contribution in [-0.2, 0) is 0 Å². The van der Waals surface area contributed by atoms with Crippen LogP contribution in [0.25, 0.3) is 0 Å². The first kappa shape index (κ1) is 18.3. The van der Waals surface area contributed by atoms with E-state index < -0.39 is 0 Å². The molecule has 29 heavy (non-hydrogen) atoms. The third-order valence-electron chi connectivity index (χ3n) is 4.03. The number of nitrogens with two attached hydrogens (primary N) is 2. The predicted molar refractivity (Wildman–Crippen MR) is 115 cm³/mol. The molecule has 0 heterocycles. The van der Waals surface area contributed by atoms with Crippen LogP contribution in [0.5, 0.6) is 34.5 Å². The van der Waals surface area contributed by atoms with Gasteiger partial charge in [0.1, 0.15) is 34.5 Å². The SMILES string of the molecule is Nc1cccc(Oc2cccc(Oc3cccc(Oc4cccc(N)c4)c3)c2)c1. The highest BCUT2D eigenvalue weighted by atomic mass is 16.5. The Morgan fingerprint density at radius 3 is 0.966 bits per heavy atom. The summed E-state index contributed by atoms with van der Waals surface area (Å²) < 4.78 is 17.7. The number of rotatable bonds is 6. The lowest BCUT2D eigenvalue weighted by atomic mass is 10.3. The zero-order valence-electron chi connectivity index (χ0n) is 15.6. The molecule has 0 spiro atoms. The molecule has 5 heteroatoms. The molecule has 4 N–H and O–H groups in total.